The molecule has 0 atom stereocenters. The Bertz CT molecular complexity index is 934. The molecule has 9 heteroatoms. The predicted molar refractivity (Wildman–Crippen MR) is 89.5 cm³/mol. The van der Waals surface area contributed by atoms with Crippen LogP contribution in [0.15, 0.2) is 38.6 Å². The molecule has 2 aromatic heterocycles. The van der Waals surface area contributed by atoms with Gasteiger partial charge in [-0.15, -0.1) is 38.8 Å². The Morgan fingerprint density at radius 1 is 1.18 bits per heavy atom. The second-order valence-electron chi connectivity index (χ2n) is 4.35. The molecule has 1 aliphatic rings. The lowest BCUT2D eigenvalue weighted by molar-refractivity contribution is 0.747. The Balaban J connectivity index is 1.81. The van der Waals surface area contributed by atoms with Crippen LogP contribution in [0.1, 0.15) is 0 Å². The number of thioether (sulfide) groups is 3. The molecule has 0 radical (unpaired) electrons. The van der Waals surface area contributed by atoms with E-state index in [1.807, 2.05) is 24.3 Å². The molecule has 1 saturated heterocycles. The first-order chi connectivity index (χ1) is 10.9. The number of nitrogens with zero attached hydrogens (tertiary/aromatic N) is 6. The monoisotopic (exact) mass is 344 g/mol. The van der Waals surface area contributed by atoms with Gasteiger partial charge in [0.25, 0.3) is 0 Å². The van der Waals surface area contributed by atoms with Gasteiger partial charge in [-0.25, -0.2) is 0 Å². The van der Waals surface area contributed by atoms with Crippen LogP contribution in [0.5, 0.6) is 0 Å². The number of fused-ring (bicyclic) bond motifs is 3. The van der Waals surface area contributed by atoms with Crippen LogP contribution >= 0.6 is 35.3 Å². The summed E-state index contributed by atoms with van der Waals surface area (Å²) < 4.78 is 2.65. The van der Waals surface area contributed by atoms with E-state index in [1.165, 1.54) is 11.8 Å². The summed E-state index contributed by atoms with van der Waals surface area (Å²) in [6.07, 6.45) is 0. The molecule has 3 aromatic rings. The Kier molecular flexibility index (Phi) is 3.65. The summed E-state index contributed by atoms with van der Waals surface area (Å²) in [7, 11) is 0. The minimum atomic E-state index is 0.561. The molecule has 108 valence electrons. The topological polar surface area (TPSA) is 79.8 Å². The highest BCUT2D eigenvalue weighted by Gasteiger charge is 2.19. The standard InChI is InChI=1S/C13H8N6S3/c14-7-10(12-20-5-6-21-12)22-13-17-16-11-8-3-1-2-4-9(8)15-18-19(11)13/h1-4H,5-6H2. The van der Waals surface area contributed by atoms with Crippen LogP contribution in [-0.4, -0.2) is 36.5 Å². The molecular formula is C13H8N6S3. The van der Waals surface area contributed by atoms with Crippen molar-refractivity contribution >= 4 is 51.8 Å². The van der Waals surface area contributed by atoms with E-state index in [0.29, 0.717) is 15.7 Å². The Labute approximate surface area is 138 Å². The Morgan fingerprint density at radius 2 is 2.00 bits per heavy atom. The maximum atomic E-state index is 9.38. The fourth-order valence-electron chi connectivity index (χ4n) is 2.06. The third-order valence-electron chi connectivity index (χ3n) is 3.03. The number of benzene rings is 1. The molecule has 0 N–H and O–H groups in total. The summed E-state index contributed by atoms with van der Waals surface area (Å²) in [6.45, 7) is 0. The van der Waals surface area contributed by atoms with Gasteiger partial charge in [0.2, 0.25) is 5.16 Å². The Morgan fingerprint density at radius 3 is 2.82 bits per heavy atom. The molecule has 3 heterocycles. The van der Waals surface area contributed by atoms with Gasteiger partial charge in [0.15, 0.2) is 5.65 Å². The Hall–Kier alpha value is -1.76. The van der Waals surface area contributed by atoms with Crippen molar-refractivity contribution in [1.29, 1.82) is 5.26 Å². The first-order valence-electron chi connectivity index (χ1n) is 6.41. The lowest BCUT2D eigenvalue weighted by atomic mass is 10.2. The maximum absolute atomic E-state index is 9.38. The van der Waals surface area contributed by atoms with Crippen molar-refractivity contribution in [2.24, 2.45) is 0 Å². The van der Waals surface area contributed by atoms with E-state index in [-0.39, 0.29) is 0 Å². The van der Waals surface area contributed by atoms with E-state index in [9.17, 15) is 5.26 Å². The van der Waals surface area contributed by atoms with E-state index in [4.69, 9.17) is 0 Å². The highest BCUT2D eigenvalue weighted by atomic mass is 32.2. The minimum Gasteiger partial charge on any atom is -0.192 e. The molecule has 0 bridgehead atoms. The second kappa shape index (κ2) is 5.79. The lowest BCUT2D eigenvalue weighted by Gasteiger charge is -2.01. The van der Waals surface area contributed by atoms with E-state index in [0.717, 1.165) is 26.6 Å². The summed E-state index contributed by atoms with van der Waals surface area (Å²) in [5.41, 5.74) is 1.43. The third-order valence-corrected chi connectivity index (χ3v) is 6.94. The van der Waals surface area contributed by atoms with Gasteiger partial charge in [0, 0.05) is 16.9 Å². The molecule has 1 aromatic carbocycles. The zero-order valence-electron chi connectivity index (χ0n) is 11.1. The minimum absolute atomic E-state index is 0.561. The van der Waals surface area contributed by atoms with E-state index < -0.39 is 0 Å². The smallest absolute Gasteiger partial charge is 0.192 e. The molecule has 1 fully saturated rings. The van der Waals surface area contributed by atoms with Crippen LogP contribution in [0.3, 0.4) is 0 Å². The SMILES string of the molecule is N#CC(Sc1nnc2c3ccccc3nnn12)=C1SCCS1. The molecule has 0 unspecified atom stereocenters. The van der Waals surface area contributed by atoms with Gasteiger partial charge in [0.05, 0.1) is 9.75 Å². The van der Waals surface area contributed by atoms with Gasteiger partial charge >= 0.3 is 0 Å². The molecule has 0 aliphatic carbocycles. The summed E-state index contributed by atoms with van der Waals surface area (Å²) >= 11 is 4.72. The molecule has 22 heavy (non-hydrogen) atoms. The number of nitriles is 1. The highest BCUT2D eigenvalue weighted by molar-refractivity contribution is 8.26. The largest absolute Gasteiger partial charge is 0.219 e. The molecule has 0 amide bonds. The van der Waals surface area contributed by atoms with Gasteiger partial charge in [-0.05, 0) is 23.9 Å². The summed E-state index contributed by atoms with van der Waals surface area (Å²) in [4.78, 5) is 0.650. The van der Waals surface area contributed by atoms with Crippen LogP contribution in [0, 0.1) is 11.3 Å². The fourth-order valence-corrected chi connectivity index (χ4v) is 5.49. The zero-order valence-corrected chi connectivity index (χ0v) is 13.6. The van der Waals surface area contributed by atoms with Crippen LogP contribution < -0.4 is 0 Å². The predicted octanol–water partition coefficient (Wildman–Crippen LogP) is 2.94. The number of allylic oxidation sites excluding steroid dienone is 1. The summed E-state index contributed by atoms with van der Waals surface area (Å²) in [5.74, 6) is 2.08. The van der Waals surface area contributed by atoms with E-state index in [1.54, 1.807) is 28.0 Å². The third kappa shape index (κ3) is 2.33. The number of aromatic nitrogens is 5. The summed E-state index contributed by atoms with van der Waals surface area (Å²) in [6, 6.07) is 9.92. The van der Waals surface area contributed by atoms with Crippen molar-refractivity contribution < 1.29 is 0 Å². The second-order valence-corrected chi connectivity index (χ2v) is 7.80. The average molecular weight is 344 g/mol. The van der Waals surface area contributed by atoms with Gasteiger partial charge < -0.3 is 0 Å². The first kappa shape index (κ1) is 13.9. The molecular weight excluding hydrogens is 336 g/mol. The van der Waals surface area contributed by atoms with Crippen molar-refractivity contribution in [2.75, 3.05) is 11.5 Å². The average Bonchev–Trinajstić information content (AvgIpc) is 3.22. The van der Waals surface area contributed by atoms with Gasteiger partial charge in [-0.3, -0.25) is 0 Å². The van der Waals surface area contributed by atoms with Crippen LogP contribution in [0.4, 0.5) is 0 Å². The number of rotatable bonds is 2. The molecule has 6 nitrogen and oxygen atoms in total. The van der Waals surface area contributed by atoms with Crippen LogP contribution in [-0.2, 0) is 0 Å². The number of hydrogen-bond donors (Lipinski definition) is 0. The van der Waals surface area contributed by atoms with Crippen molar-refractivity contribution in [3.8, 4) is 6.07 Å². The van der Waals surface area contributed by atoms with Gasteiger partial charge in [0.1, 0.15) is 11.0 Å². The molecule has 0 spiro atoms. The molecule has 1 aliphatic heterocycles. The van der Waals surface area contributed by atoms with Crippen LogP contribution in [0.25, 0.3) is 16.6 Å². The quantitative estimate of drug-likeness (QED) is 0.518. The lowest BCUT2D eigenvalue weighted by Crippen LogP contribution is -1.98. The van der Waals surface area contributed by atoms with Gasteiger partial charge in [-0.1, -0.05) is 17.3 Å². The van der Waals surface area contributed by atoms with Gasteiger partial charge in [-0.2, -0.15) is 9.78 Å². The molecule has 0 saturated carbocycles. The number of hydrogen-bond acceptors (Lipinski definition) is 8. The van der Waals surface area contributed by atoms with E-state index >= 15 is 0 Å². The van der Waals surface area contributed by atoms with E-state index in [2.05, 4.69) is 26.6 Å². The van der Waals surface area contributed by atoms with Crippen molar-refractivity contribution in [1.82, 2.24) is 25.0 Å². The normalized spacial score (nSPS) is 14.6. The van der Waals surface area contributed by atoms with Crippen LogP contribution in [0.2, 0.25) is 0 Å². The summed E-state index contributed by atoms with van der Waals surface area (Å²) in [5, 5.41) is 27.6. The maximum Gasteiger partial charge on any atom is 0.219 e. The molecule has 4 rings (SSSR count). The fraction of sp³-hybridized carbons (Fsp3) is 0.154. The zero-order chi connectivity index (χ0) is 14.9. The van der Waals surface area contributed by atoms with Crippen molar-refractivity contribution in [2.45, 2.75) is 5.16 Å². The van der Waals surface area contributed by atoms with Crippen molar-refractivity contribution in [3.05, 3.63) is 33.4 Å². The first-order valence-corrected chi connectivity index (χ1v) is 9.20. The van der Waals surface area contributed by atoms with Crippen molar-refractivity contribution in [3.63, 3.8) is 0 Å². The highest BCUT2D eigenvalue weighted by Crippen LogP contribution is 2.43.